The third-order valence-electron chi connectivity index (χ3n) is 5.89. The van der Waals surface area contributed by atoms with Gasteiger partial charge in [-0.15, -0.1) is 0 Å². The first-order valence-electron chi connectivity index (χ1n) is 14.0. The fraction of sp³-hybridized carbons (Fsp3) is 0.162. The third-order valence-corrected chi connectivity index (χ3v) is 10.4. The summed E-state index contributed by atoms with van der Waals surface area (Å²) in [5, 5.41) is 4.76. The van der Waals surface area contributed by atoms with Gasteiger partial charge in [0.1, 0.15) is 0 Å². The number of carbonyl (C=O) groups excluding carboxylic acids is 1. The molecule has 0 aromatic heterocycles. The van der Waals surface area contributed by atoms with E-state index in [-0.39, 0.29) is 31.4 Å². The van der Waals surface area contributed by atoms with Crippen LogP contribution in [0, 0.1) is 39.5 Å². The van der Waals surface area contributed by atoms with Crippen molar-refractivity contribution in [1.82, 2.24) is 4.67 Å². The predicted octanol–water partition coefficient (Wildman–Crippen LogP) is 7.59. The van der Waals surface area contributed by atoms with Crippen LogP contribution in [0.4, 0.5) is 0 Å². The molecule has 1 atom stereocenters. The Hall–Kier alpha value is -2.21. The number of rotatable bonds is 8. The molecule has 0 aliphatic carbocycles. The van der Waals surface area contributed by atoms with E-state index in [9.17, 15) is 4.79 Å². The van der Waals surface area contributed by atoms with E-state index in [2.05, 4.69) is 129 Å². The van der Waals surface area contributed by atoms with Crippen LogP contribution >= 0.6 is 16.2 Å². The van der Waals surface area contributed by atoms with Gasteiger partial charge < -0.3 is 9.19 Å². The van der Waals surface area contributed by atoms with Gasteiger partial charge >= 0.3 is 19.5 Å². The quantitative estimate of drug-likeness (QED) is 0.141. The number of nitrogens with zero attached hydrogens (tertiary/aromatic N) is 1. The zero-order valence-electron chi connectivity index (χ0n) is 25.1. The molecule has 6 heteroatoms. The summed E-state index contributed by atoms with van der Waals surface area (Å²) in [5.41, 5.74) is 0. The number of carbonyl (C=O) groups is 1. The molecule has 1 aliphatic heterocycles. The fourth-order valence-corrected chi connectivity index (χ4v) is 8.62. The molecule has 1 aliphatic rings. The van der Waals surface area contributed by atoms with Crippen LogP contribution < -0.4 is 21.2 Å². The normalized spacial score (nSPS) is 14.2. The molecule has 0 spiro atoms. The zero-order chi connectivity index (χ0) is 30.3. The summed E-state index contributed by atoms with van der Waals surface area (Å²) in [4.78, 5) is 13.2. The van der Waals surface area contributed by atoms with Crippen LogP contribution in [0.3, 0.4) is 0 Å². The van der Waals surface area contributed by atoms with E-state index in [0.29, 0.717) is 13.0 Å². The predicted molar refractivity (Wildman–Crippen MR) is 183 cm³/mol. The van der Waals surface area contributed by atoms with Crippen LogP contribution in [0.2, 0.25) is 0 Å². The molecule has 0 N–H and O–H groups in total. The largest absolute Gasteiger partial charge is 2.00 e. The number of hydrogen-bond donors (Lipinski definition) is 0. The van der Waals surface area contributed by atoms with E-state index < -0.39 is 16.2 Å². The first-order valence-corrected chi connectivity index (χ1v) is 16.5. The van der Waals surface area contributed by atoms with E-state index in [1.54, 1.807) is 0 Å². The molecule has 5 rings (SSSR count). The average Bonchev–Trinajstić information content (AvgIpc) is 3.34. The maximum atomic E-state index is 13.2. The standard InChI is InChI=1S/C29H27NO2P2.2C4H7.Ru/c31-29-22-21-24(23-32-34(27-17-9-3-10-18-27)28-19-11-4-12-20-28)30(29)33(25-13-5-1-6-14-25)26-15-7-2-8-16-26;2*1-4(2)3;/h1-20,24H,21-23H2;2*1-2H2,3H3;/q;;;+2/t24-;;;/m0.../s1. The maximum Gasteiger partial charge on any atom is 2.00 e. The van der Waals surface area contributed by atoms with Crippen LogP contribution in [0.1, 0.15) is 26.7 Å². The Bertz CT molecular complexity index is 1200. The minimum Gasteiger partial charge on any atom is -0.347 e. The van der Waals surface area contributed by atoms with Crippen LogP contribution in [0.25, 0.3) is 0 Å². The van der Waals surface area contributed by atoms with Gasteiger partial charge in [0.2, 0.25) is 5.91 Å². The zero-order valence-corrected chi connectivity index (χ0v) is 28.6. The molecule has 222 valence electrons. The minimum atomic E-state index is -0.959. The molecule has 0 saturated carbocycles. The van der Waals surface area contributed by atoms with E-state index in [1.165, 1.54) is 21.2 Å². The Labute approximate surface area is 275 Å². The number of amides is 1. The van der Waals surface area contributed by atoms with Crippen molar-refractivity contribution in [3.05, 3.63) is 161 Å². The average molecular weight is 695 g/mol. The summed E-state index contributed by atoms with van der Waals surface area (Å²) < 4.78 is 8.81. The molecule has 43 heavy (non-hydrogen) atoms. The Balaban J connectivity index is 0.000000642. The van der Waals surface area contributed by atoms with Gasteiger partial charge in [-0.25, -0.2) is 0 Å². The molecule has 4 aromatic rings. The van der Waals surface area contributed by atoms with Gasteiger partial charge in [0.25, 0.3) is 0 Å². The third kappa shape index (κ3) is 12.4. The molecule has 1 saturated heterocycles. The maximum absolute atomic E-state index is 13.2. The van der Waals surface area contributed by atoms with Crippen LogP contribution in [-0.4, -0.2) is 23.2 Å². The van der Waals surface area contributed by atoms with E-state index in [1.807, 2.05) is 38.1 Å². The topological polar surface area (TPSA) is 29.5 Å². The molecule has 0 unspecified atom stereocenters. The number of hydrogen-bond acceptors (Lipinski definition) is 2. The molecule has 4 aromatic carbocycles. The van der Waals surface area contributed by atoms with Crippen LogP contribution in [-0.2, 0) is 28.8 Å². The minimum absolute atomic E-state index is 0. The van der Waals surface area contributed by atoms with Gasteiger partial charge in [-0.2, -0.15) is 0 Å². The van der Waals surface area contributed by atoms with Gasteiger partial charge in [-0.1, -0.05) is 135 Å². The molecule has 0 bridgehead atoms. The first kappa shape index (κ1) is 37.0. The van der Waals surface area contributed by atoms with E-state index in [4.69, 9.17) is 4.52 Å². The number of benzene rings is 4. The van der Waals surface area contributed by atoms with Gasteiger partial charge in [-0.3, -0.25) is 4.79 Å². The second-order valence-corrected chi connectivity index (χ2v) is 14.1. The summed E-state index contributed by atoms with van der Waals surface area (Å²) in [6, 6.07) is 41.8. The Morgan fingerprint density at radius 1 is 0.674 bits per heavy atom. The van der Waals surface area contributed by atoms with Gasteiger partial charge in [0.05, 0.1) is 28.9 Å². The second-order valence-electron chi connectivity index (χ2n) is 10.1. The summed E-state index contributed by atoms with van der Waals surface area (Å²) >= 11 is 0. The molecular weight excluding hydrogens is 653 g/mol. The van der Waals surface area contributed by atoms with Crippen molar-refractivity contribution < 1.29 is 28.8 Å². The Morgan fingerprint density at radius 3 is 1.35 bits per heavy atom. The monoisotopic (exact) mass is 695 g/mol. The molecular formula is C37H41NO2P2Ru+2. The molecule has 3 nitrogen and oxygen atoms in total. The van der Waals surface area contributed by atoms with E-state index >= 15 is 0 Å². The summed E-state index contributed by atoms with van der Waals surface area (Å²) in [6.07, 6.45) is 1.39. The smallest absolute Gasteiger partial charge is 0.347 e. The van der Waals surface area contributed by atoms with Crippen molar-refractivity contribution in [3.8, 4) is 0 Å². The van der Waals surface area contributed by atoms with Gasteiger partial charge in [-0.05, 0) is 46.0 Å². The molecule has 1 amide bonds. The summed E-state index contributed by atoms with van der Waals surface area (Å²) in [6.45, 7) is 18.0. The van der Waals surface area contributed by atoms with Crippen molar-refractivity contribution in [2.24, 2.45) is 0 Å². The SMILES string of the molecule is O=C1CC[C@@H](COP(c2ccccc2)c2ccccc2)N1P(c1ccccc1)c1ccccc1.[CH2][C]([CH2])C.[CH2][C]([CH2])C.[Ru+2]. The van der Waals surface area contributed by atoms with Crippen molar-refractivity contribution >= 4 is 43.3 Å². The Morgan fingerprint density at radius 2 is 1.00 bits per heavy atom. The van der Waals surface area contributed by atoms with Crippen molar-refractivity contribution in [3.63, 3.8) is 0 Å². The molecule has 1 heterocycles. The van der Waals surface area contributed by atoms with Gasteiger partial charge in [0, 0.05) is 27.6 Å². The summed E-state index contributed by atoms with van der Waals surface area (Å²) in [7, 11) is -1.92. The molecule has 6 radical (unpaired) electrons. The first-order chi connectivity index (χ1) is 20.3. The Kier molecular flexibility index (Phi) is 17.2. The molecule has 1 fully saturated rings. The van der Waals surface area contributed by atoms with E-state index in [0.717, 1.165) is 18.3 Å². The second kappa shape index (κ2) is 19.9. The fourth-order valence-electron chi connectivity index (χ4n) is 4.28. The van der Waals surface area contributed by atoms with Crippen LogP contribution in [0.15, 0.2) is 121 Å². The van der Waals surface area contributed by atoms with Crippen molar-refractivity contribution in [2.75, 3.05) is 6.61 Å². The summed E-state index contributed by atoms with van der Waals surface area (Å²) in [5.74, 6) is 2.05. The van der Waals surface area contributed by atoms with Crippen molar-refractivity contribution in [2.45, 2.75) is 32.7 Å². The van der Waals surface area contributed by atoms with Crippen molar-refractivity contribution in [1.29, 1.82) is 0 Å². The van der Waals surface area contributed by atoms with Crippen LogP contribution in [0.5, 0.6) is 0 Å². The van der Waals surface area contributed by atoms with Gasteiger partial charge in [0.15, 0.2) is 0 Å².